The second-order valence-electron chi connectivity index (χ2n) is 4.19. The number of phenols is 1. The summed E-state index contributed by atoms with van der Waals surface area (Å²) in [4.78, 5) is 0. The van der Waals surface area contributed by atoms with Gasteiger partial charge in [0.2, 0.25) is 0 Å². The largest absolute Gasteiger partial charge is 0.507 e. The maximum atomic E-state index is 9.95. The zero-order chi connectivity index (χ0) is 14.5. The van der Waals surface area contributed by atoms with Crippen LogP contribution in [0.1, 0.15) is 13.8 Å². The fourth-order valence-corrected chi connectivity index (χ4v) is 2.13. The van der Waals surface area contributed by atoms with E-state index in [9.17, 15) is 5.11 Å². The topological polar surface area (TPSA) is 38.7 Å². The first kappa shape index (κ1) is 14.5. The van der Waals surface area contributed by atoms with Crippen LogP contribution in [-0.2, 0) is 0 Å². The Hall–Kier alpha value is -1.87. The highest BCUT2D eigenvalue weighted by atomic mass is 35.5. The van der Waals surface area contributed by atoms with E-state index in [0.717, 1.165) is 5.56 Å². The minimum absolute atomic E-state index is 0.181. The van der Waals surface area contributed by atoms with Gasteiger partial charge in [0.1, 0.15) is 5.75 Å². The minimum atomic E-state index is 0.181. The van der Waals surface area contributed by atoms with Gasteiger partial charge in [-0.2, -0.15) is 0 Å². The monoisotopic (exact) mass is 292 g/mol. The molecule has 0 aliphatic rings. The van der Waals surface area contributed by atoms with Crippen LogP contribution in [0.2, 0.25) is 5.02 Å². The molecule has 0 spiro atoms. The normalized spacial score (nSPS) is 10.3. The number of hydrogen-bond donors (Lipinski definition) is 1. The number of benzene rings is 2. The highest BCUT2D eigenvalue weighted by molar-refractivity contribution is 6.31. The number of halogens is 1. The van der Waals surface area contributed by atoms with E-state index in [0.29, 0.717) is 35.3 Å². The van der Waals surface area contributed by atoms with E-state index in [4.69, 9.17) is 21.1 Å². The molecule has 0 unspecified atom stereocenters. The van der Waals surface area contributed by atoms with Gasteiger partial charge in [-0.1, -0.05) is 17.7 Å². The summed E-state index contributed by atoms with van der Waals surface area (Å²) < 4.78 is 11.1. The quantitative estimate of drug-likeness (QED) is 0.881. The summed E-state index contributed by atoms with van der Waals surface area (Å²) in [5.41, 5.74) is 1.50. The lowest BCUT2D eigenvalue weighted by Gasteiger charge is -2.13. The van der Waals surface area contributed by atoms with E-state index in [1.54, 1.807) is 18.2 Å². The van der Waals surface area contributed by atoms with E-state index < -0.39 is 0 Å². The lowest BCUT2D eigenvalue weighted by molar-refractivity contribution is 0.288. The SMILES string of the molecule is CCOc1ccc(-c2cc(Cl)ccc2O)cc1OCC. The van der Waals surface area contributed by atoms with E-state index >= 15 is 0 Å². The molecular formula is C16H17ClO3. The van der Waals surface area contributed by atoms with Gasteiger partial charge in [-0.25, -0.2) is 0 Å². The Morgan fingerprint density at radius 3 is 2.35 bits per heavy atom. The predicted molar refractivity (Wildman–Crippen MR) is 80.9 cm³/mol. The summed E-state index contributed by atoms with van der Waals surface area (Å²) in [5.74, 6) is 1.53. The lowest BCUT2D eigenvalue weighted by atomic mass is 10.0. The van der Waals surface area contributed by atoms with E-state index in [2.05, 4.69) is 0 Å². The van der Waals surface area contributed by atoms with Crippen molar-refractivity contribution < 1.29 is 14.6 Å². The molecule has 0 radical (unpaired) electrons. The van der Waals surface area contributed by atoms with Crippen molar-refractivity contribution in [1.29, 1.82) is 0 Å². The van der Waals surface area contributed by atoms with Crippen LogP contribution in [0.5, 0.6) is 17.2 Å². The van der Waals surface area contributed by atoms with Gasteiger partial charge in [-0.3, -0.25) is 0 Å². The number of rotatable bonds is 5. The van der Waals surface area contributed by atoms with Gasteiger partial charge >= 0.3 is 0 Å². The third kappa shape index (κ3) is 3.17. The Balaban J connectivity index is 2.46. The van der Waals surface area contributed by atoms with Crippen LogP contribution in [0.25, 0.3) is 11.1 Å². The van der Waals surface area contributed by atoms with Crippen molar-refractivity contribution in [2.24, 2.45) is 0 Å². The summed E-state index contributed by atoms with van der Waals surface area (Å²) in [6.07, 6.45) is 0. The zero-order valence-corrected chi connectivity index (χ0v) is 12.3. The maximum Gasteiger partial charge on any atom is 0.161 e. The molecule has 4 heteroatoms. The molecule has 0 heterocycles. The molecule has 0 atom stereocenters. The van der Waals surface area contributed by atoms with Crippen LogP contribution >= 0.6 is 11.6 Å². The average molecular weight is 293 g/mol. The Morgan fingerprint density at radius 2 is 1.65 bits per heavy atom. The first-order valence-electron chi connectivity index (χ1n) is 6.54. The standard InChI is InChI=1S/C16H17ClO3/c1-3-19-15-8-5-11(9-16(15)20-4-2)13-10-12(17)6-7-14(13)18/h5-10,18H,3-4H2,1-2H3. The molecule has 2 aromatic rings. The number of phenolic OH excluding ortho intramolecular Hbond substituents is 1. The molecule has 0 aliphatic heterocycles. The van der Waals surface area contributed by atoms with Gasteiger partial charge in [-0.05, 0) is 49.7 Å². The van der Waals surface area contributed by atoms with E-state index in [1.807, 2.05) is 32.0 Å². The third-order valence-corrected chi connectivity index (χ3v) is 3.05. The smallest absolute Gasteiger partial charge is 0.161 e. The molecule has 0 aromatic heterocycles. The van der Waals surface area contributed by atoms with Gasteiger partial charge in [0, 0.05) is 10.6 Å². The molecule has 0 saturated carbocycles. The molecule has 0 saturated heterocycles. The third-order valence-electron chi connectivity index (χ3n) is 2.81. The van der Waals surface area contributed by atoms with Crippen molar-refractivity contribution in [3.05, 3.63) is 41.4 Å². The Labute approximate surface area is 123 Å². The number of hydrogen-bond acceptors (Lipinski definition) is 3. The van der Waals surface area contributed by atoms with Crippen LogP contribution in [0.3, 0.4) is 0 Å². The van der Waals surface area contributed by atoms with Crippen molar-refractivity contribution in [2.75, 3.05) is 13.2 Å². The summed E-state index contributed by atoms with van der Waals surface area (Å²) in [6, 6.07) is 10.5. The Bertz CT molecular complexity index is 596. The molecule has 0 aliphatic carbocycles. The summed E-state index contributed by atoms with van der Waals surface area (Å²) in [6.45, 7) is 4.96. The van der Waals surface area contributed by atoms with Crippen LogP contribution in [0.15, 0.2) is 36.4 Å². The van der Waals surface area contributed by atoms with E-state index in [1.165, 1.54) is 0 Å². The highest BCUT2D eigenvalue weighted by Gasteiger charge is 2.10. The number of aromatic hydroxyl groups is 1. The van der Waals surface area contributed by atoms with Crippen molar-refractivity contribution in [1.82, 2.24) is 0 Å². The van der Waals surface area contributed by atoms with Crippen molar-refractivity contribution in [3.63, 3.8) is 0 Å². The van der Waals surface area contributed by atoms with Crippen molar-refractivity contribution >= 4 is 11.6 Å². The van der Waals surface area contributed by atoms with Crippen molar-refractivity contribution in [2.45, 2.75) is 13.8 Å². The van der Waals surface area contributed by atoms with Gasteiger partial charge in [0.25, 0.3) is 0 Å². The molecule has 1 N–H and O–H groups in total. The maximum absolute atomic E-state index is 9.95. The molecular weight excluding hydrogens is 276 g/mol. The fraction of sp³-hybridized carbons (Fsp3) is 0.250. The van der Waals surface area contributed by atoms with Crippen LogP contribution in [0.4, 0.5) is 0 Å². The zero-order valence-electron chi connectivity index (χ0n) is 11.5. The predicted octanol–water partition coefficient (Wildman–Crippen LogP) is 4.51. The van der Waals surface area contributed by atoms with Gasteiger partial charge in [-0.15, -0.1) is 0 Å². The highest BCUT2D eigenvalue weighted by Crippen LogP contribution is 2.37. The Morgan fingerprint density at radius 1 is 0.950 bits per heavy atom. The number of ether oxygens (including phenoxy) is 2. The van der Waals surface area contributed by atoms with Crippen LogP contribution in [-0.4, -0.2) is 18.3 Å². The molecule has 0 bridgehead atoms. The van der Waals surface area contributed by atoms with Crippen LogP contribution in [0, 0.1) is 0 Å². The van der Waals surface area contributed by atoms with Gasteiger partial charge in [0.05, 0.1) is 13.2 Å². The van der Waals surface area contributed by atoms with E-state index in [-0.39, 0.29) is 5.75 Å². The van der Waals surface area contributed by atoms with Gasteiger partial charge in [0.15, 0.2) is 11.5 Å². The van der Waals surface area contributed by atoms with Crippen LogP contribution < -0.4 is 9.47 Å². The molecule has 0 amide bonds. The summed E-state index contributed by atoms with van der Waals surface area (Å²) in [5, 5.41) is 10.5. The second-order valence-corrected chi connectivity index (χ2v) is 4.63. The first-order valence-corrected chi connectivity index (χ1v) is 6.92. The fourth-order valence-electron chi connectivity index (χ4n) is 1.96. The molecule has 0 fully saturated rings. The van der Waals surface area contributed by atoms with Gasteiger partial charge < -0.3 is 14.6 Å². The molecule has 2 aromatic carbocycles. The summed E-state index contributed by atoms with van der Waals surface area (Å²) in [7, 11) is 0. The molecule has 2 rings (SSSR count). The minimum Gasteiger partial charge on any atom is -0.507 e. The second kappa shape index (κ2) is 6.53. The molecule has 3 nitrogen and oxygen atoms in total. The summed E-state index contributed by atoms with van der Waals surface area (Å²) >= 11 is 5.98. The molecule has 106 valence electrons. The average Bonchev–Trinajstić information content (AvgIpc) is 2.44. The molecule has 20 heavy (non-hydrogen) atoms. The van der Waals surface area contributed by atoms with Crippen molar-refractivity contribution in [3.8, 4) is 28.4 Å². The first-order chi connectivity index (χ1) is 9.65. The lowest BCUT2D eigenvalue weighted by Crippen LogP contribution is -1.98. The Kier molecular flexibility index (Phi) is 4.74.